The number of benzene rings is 1. The lowest BCUT2D eigenvalue weighted by atomic mass is 10.1. The number of hydrogen-bond acceptors (Lipinski definition) is 5. The van der Waals surface area contributed by atoms with E-state index in [1.807, 2.05) is 12.1 Å². The molecule has 0 aliphatic rings. The van der Waals surface area contributed by atoms with Crippen LogP contribution in [-0.4, -0.2) is 28.8 Å². The van der Waals surface area contributed by atoms with Crippen LogP contribution in [0, 0.1) is 22.7 Å². The summed E-state index contributed by atoms with van der Waals surface area (Å²) in [6.45, 7) is 0.0586. The van der Waals surface area contributed by atoms with Gasteiger partial charge in [-0.05, 0) is 18.2 Å². The highest BCUT2D eigenvalue weighted by Crippen LogP contribution is 2.14. The molecule has 0 radical (unpaired) electrons. The predicted molar refractivity (Wildman–Crippen MR) is 62.6 cm³/mol. The van der Waals surface area contributed by atoms with Crippen molar-refractivity contribution in [3.63, 3.8) is 0 Å². The van der Waals surface area contributed by atoms with E-state index in [-0.39, 0.29) is 24.1 Å². The van der Waals surface area contributed by atoms with Gasteiger partial charge in [0.15, 0.2) is 0 Å². The minimum absolute atomic E-state index is 0.0586. The molecular formula is C12H11N3O3. The second-order valence-electron chi connectivity index (χ2n) is 3.62. The Bertz CT molecular complexity index is 528. The summed E-state index contributed by atoms with van der Waals surface area (Å²) in [5.74, 6) is -1.08. The van der Waals surface area contributed by atoms with E-state index >= 15 is 0 Å². The number of anilines is 1. The van der Waals surface area contributed by atoms with Crippen molar-refractivity contribution in [3.8, 4) is 12.1 Å². The summed E-state index contributed by atoms with van der Waals surface area (Å²) in [5.41, 5.74) is 1.05. The van der Waals surface area contributed by atoms with Gasteiger partial charge in [0.1, 0.15) is 12.1 Å². The molecule has 0 aliphatic carbocycles. The third-order valence-corrected chi connectivity index (χ3v) is 2.21. The molecule has 0 heterocycles. The normalized spacial score (nSPS) is 11.1. The number of carbonyl (C=O) groups is 1. The van der Waals surface area contributed by atoms with E-state index in [0.29, 0.717) is 5.69 Å². The fraction of sp³-hybridized carbons (Fsp3) is 0.250. The van der Waals surface area contributed by atoms with Gasteiger partial charge in [-0.15, -0.1) is 0 Å². The molecule has 1 rings (SSSR count). The highest BCUT2D eigenvalue weighted by Gasteiger charge is 2.09. The van der Waals surface area contributed by atoms with Gasteiger partial charge in [0, 0.05) is 12.2 Å². The van der Waals surface area contributed by atoms with E-state index in [1.54, 1.807) is 6.07 Å². The Balaban J connectivity index is 2.67. The Labute approximate surface area is 104 Å². The number of hydrogen-bond donors (Lipinski definition) is 3. The van der Waals surface area contributed by atoms with Crippen LogP contribution in [0.2, 0.25) is 0 Å². The highest BCUT2D eigenvalue weighted by atomic mass is 16.4. The monoisotopic (exact) mass is 245 g/mol. The smallest absolute Gasteiger partial charge is 0.306 e. The Kier molecular flexibility index (Phi) is 4.67. The largest absolute Gasteiger partial charge is 0.481 e. The summed E-state index contributed by atoms with van der Waals surface area (Å²) < 4.78 is 0. The van der Waals surface area contributed by atoms with Gasteiger partial charge in [-0.2, -0.15) is 10.5 Å². The summed E-state index contributed by atoms with van der Waals surface area (Å²) in [7, 11) is 0. The van der Waals surface area contributed by atoms with Crippen molar-refractivity contribution >= 4 is 11.7 Å². The summed E-state index contributed by atoms with van der Waals surface area (Å²) in [5, 5.41) is 38.2. The van der Waals surface area contributed by atoms with Crippen molar-refractivity contribution in [1.29, 1.82) is 10.5 Å². The number of aliphatic hydroxyl groups excluding tert-OH is 1. The third-order valence-electron chi connectivity index (χ3n) is 2.21. The van der Waals surface area contributed by atoms with Crippen molar-refractivity contribution in [1.82, 2.24) is 0 Å². The van der Waals surface area contributed by atoms with Gasteiger partial charge in [0.2, 0.25) is 0 Å². The number of nitrogens with one attached hydrogen (secondary N) is 1. The number of rotatable bonds is 5. The topological polar surface area (TPSA) is 117 Å². The zero-order valence-electron chi connectivity index (χ0n) is 9.42. The first-order valence-electron chi connectivity index (χ1n) is 5.14. The Morgan fingerprint density at radius 1 is 1.33 bits per heavy atom. The van der Waals surface area contributed by atoms with Crippen molar-refractivity contribution < 1.29 is 15.0 Å². The average Bonchev–Trinajstić information content (AvgIpc) is 2.35. The molecule has 0 spiro atoms. The molecule has 0 fully saturated rings. The van der Waals surface area contributed by atoms with Crippen LogP contribution >= 0.6 is 0 Å². The fourth-order valence-electron chi connectivity index (χ4n) is 1.35. The summed E-state index contributed by atoms with van der Waals surface area (Å²) in [6.07, 6.45) is -1.36. The molecule has 1 aromatic rings. The van der Waals surface area contributed by atoms with Gasteiger partial charge in [0.25, 0.3) is 0 Å². The van der Waals surface area contributed by atoms with Crippen LogP contribution in [0.3, 0.4) is 0 Å². The quantitative estimate of drug-likeness (QED) is 0.702. The van der Waals surface area contributed by atoms with Crippen molar-refractivity contribution in [2.24, 2.45) is 0 Å². The van der Waals surface area contributed by atoms with Crippen LogP contribution in [-0.2, 0) is 4.79 Å². The lowest BCUT2D eigenvalue weighted by molar-refractivity contribution is -0.138. The Morgan fingerprint density at radius 3 is 2.56 bits per heavy atom. The molecule has 1 unspecified atom stereocenters. The van der Waals surface area contributed by atoms with Crippen LogP contribution in [0.25, 0.3) is 0 Å². The van der Waals surface area contributed by atoms with Gasteiger partial charge in [0.05, 0.1) is 23.7 Å². The second-order valence-corrected chi connectivity index (χ2v) is 3.62. The van der Waals surface area contributed by atoms with Crippen molar-refractivity contribution in [2.75, 3.05) is 11.9 Å². The molecule has 0 amide bonds. The van der Waals surface area contributed by atoms with Gasteiger partial charge < -0.3 is 15.5 Å². The lowest BCUT2D eigenvalue weighted by Crippen LogP contribution is -2.22. The zero-order valence-corrected chi connectivity index (χ0v) is 9.42. The summed E-state index contributed by atoms with van der Waals surface area (Å²) in [4.78, 5) is 10.3. The Hall–Kier alpha value is -2.57. The van der Waals surface area contributed by atoms with E-state index in [4.69, 9.17) is 15.6 Å². The molecule has 6 nitrogen and oxygen atoms in total. The van der Waals surface area contributed by atoms with Crippen LogP contribution in [0.4, 0.5) is 5.69 Å². The van der Waals surface area contributed by atoms with E-state index in [1.165, 1.54) is 12.1 Å². The number of aliphatic hydroxyl groups is 1. The fourth-order valence-corrected chi connectivity index (χ4v) is 1.35. The molecule has 18 heavy (non-hydrogen) atoms. The minimum Gasteiger partial charge on any atom is -0.481 e. The van der Waals surface area contributed by atoms with Crippen LogP contribution in [0.15, 0.2) is 18.2 Å². The van der Waals surface area contributed by atoms with Crippen molar-refractivity contribution in [2.45, 2.75) is 12.5 Å². The molecule has 92 valence electrons. The third kappa shape index (κ3) is 3.78. The van der Waals surface area contributed by atoms with Crippen molar-refractivity contribution in [3.05, 3.63) is 29.3 Å². The SMILES string of the molecule is N#Cc1ccc(NCC(O)CC(=O)O)cc1C#N. The molecule has 1 aromatic carbocycles. The second kappa shape index (κ2) is 6.24. The van der Waals surface area contributed by atoms with E-state index < -0.39 is 12.1 Å². The number of carboxylic acid groups (broad SMARTS) is 1. The highest BCUT2D eigenvalue weighted by molar-refractivity contribution is 5.67. The predicted octanol–water partition coefficient (Wildman–Crippen LogP) is 0.677. The van der Waals surface area contributed by atoms with E-state index in [0.717, 1.165) is 0 Å². The first kappa shape index (κ1) is 13.5. The van der Waals surface area contributed by atoms with Crippen LogP contribution < -0.4 is 5.32 Å². The maximum Gasteiger partial charge on any atom is 0.306 e. The minimum atomic E-state index is -1.08. The van der Waals surface area contributed by atoms with Gasteiger partial charge in [-0.3, -0.25) is 4.79 Å². The molecule has 0 aliphatic heterocycles. The lowest BCUT2D eigenvalue weighted by Gasteiger charge is -2.11. The van der Waals surface area contributed by atoms with Gasteiger partial charge >= 0.3 is 5.97 Å². The summed E-state index contributed by atoms with van der Waals surface area (Å²) in [6, 6.07) is 8.33. The number of nitrogens with zero attached hydrogens (tertiary/aromatic N) is 2. The standard InChI is InChI=1S/C12H11N3O3/c13-5-8-1-2-10(3-9(8)6-14)15-7-11(16)4-12(17)18/h1-3,11,15-16H,4,7H2,(H,17,18). The van der Waals surface area contributed by atoms with Crippen LogP contribution in [0.5, 0.6) is 0 Å². The van der Waals surface area contributed by atoms with Gasteiger partial charge in [-0.25, -0.2) is 0 Å². The maximum atomic E-state index is 10.3. The number of nitriles is 2. The van der Waals surface area contributed by atoms with Crippen LogP contribution in [0.1, 0.15) is 17.5 Å². The molecule has 0 bridgehead atoms. The van der Waals surface area contributed by atoms with E-state index in [2.05, 4.69) is 5.32 Å². The molecule has 1 atom stereocenters. The maximum absolute atomic E-state index is 10.3. The number of carboxylic acids is 1. The first-order chi connectivity index (χ1) is 8.56. The molecule has 3 N–H and O–H groups in total. The molecule has 0 saturated carbocycles. The first-order valence-corrected chi connectivity index (χ1v) is 5.14. The summed E-state index contributed by atoms with van der Waals surface area (Å²) >= 11 is 0. The average molecular weight is 245 g/mol. The molecular weight excluding hydrogens is 234 g/mol. The van der Waals surface area contributed by atoms with Gasteiger partial charge in [-0.1, -0.05) is 0 Å². The molecule has 6 heteroatoms. The zero-order chi connectivity index (χ0) is 13.5. The Morgan fingerprint density at radius 2 is 2.00 bits per heavy atom. The molecule has 0 aromatic heterocycles. The molecule has 0 saturated heterocycles. The number of aliphatic carboxylic acids is 1. The van der Waals surface area contributed by atoms with E-state index in [9.17, 15) is 9.90 Å².